The van der Waals surface area contributed by atoms with Crippen molar-refractivity contribution in [1.82, 2.24) is 5.32 Å². The smallest absolute Gasteiger partial charge is 0.330 e. The van der Waals surface area contributed by atoms with E-state index in [2.05, 4.69) is 58.2 Å². The van der Waals surface area contributed by atoms with Gasteiger partial charge < -0.3 is 14.4 Å². The van der Waals surface area contributed by atoms with Crippen LogP contribution in [0.1, 0.15) is 79.6 Å². The first-order chi connectivity index (χ1) is 14.6. The number of hydrogen-bond acceptors (Lipinski definition) is 4. The van der Waals surface area contributed by atoms with E-state index in [9.17, 15) is 9.36 Å². The summed E-state index contributed by atoms with van der Waals surface area (Å²) in [6.45, 7) is 11.3. The van der Waals surface area contributed by atoms with Gasteiger partial charge in [-0.05, 0) is 73.1 Å². The summed E-state index contributed by atoms with van der Waals surface area (Å²) >= 11 is 0. The molecule has 0 saturated heterocycles. The summed E-state index contributed by atoms with van der Waals surface area (Å²) in [5.74, 6) is -0.154. The Bertz CT molecular complexity index is 692. The highest BCUT2D eigenvalue weighted by Gasteiger charge is 2.21. The number of carbonyl (C=O) groups excluding carboxylic acids is 1. The van der Waals surface area contributed by atoms with Crippen molar-refractivity contribution < 1.29 is 18.4 Å². The molecule has 0 rings (SSSR count). The summed E-state index contributed by atoms with van der Waals surface area (Å²) in [4.78, 5) is 11.9. The normalized spacial score (nSPS) is 13.3. The summed E-state index contributed by atoms with van der Waals surface area (Å²) in [5, 5.41) is 2.82. The standard InChI is InChI=1S/C25H44NO4P/c1-21(2)11-8-12-22(3)13-9-14-23(4)15-10-16-24(5)17-19-26-25(27)18-20-31(28,29-6)30-7/h11,13,15,17H,8-10,12,14,16,18-20H2,1-7H3,(H,26,27)/b22-13+,23-15+,24-17+. The average molecular weight is 454 g/mol. The highest BCUT2D eigenvalue weighted by atomic mass is 31.2. The van der Waals surface area contributed by atoms with Gasteiger partial charge in [0.05, 0.1) is 6.16 Å². The van der Waals surface area contributed by atoms with Gasteiger partial charge >= 0.3 is 7.60 Å². The third-order valence-corrected chi connectivity index (χ3v) is 6.96. The van der Waals surface area contributed by atoms with Gasteiger partial charge in [0.25, 0.3) is 0 Å². The van der Waals surface area contributed by atoms with Gasteiger partial charge in [0, 0.05) is 27.2 Å². The van der Waals surface area contributed by atoms with Crippen molar-refractivity contribution in [2.45, 2.75) is 79.6 Å². The van der Waals surface area contributed by atoms with E-state index in [4.69, 9.17) is 9.05 Å². The molecule has 5 nitrogen and oxygen atoms in total. The Morgan fingerprint density at radius 2 is 1.19 bits per heavy atom. The quantitative estimate of drug-likeness (QED) is 0.199. The Balaban J connectivity index is 4.11. The molecule has 0 atom stereocenters. The van der Waals surface area contributed by atoms with Crippen molar-refractivity contribution in [2.24, 2.45) is 0 Å². The van der Waals surface area contributed by atoms with Gasteiger partial charge in [-0.1, -0.05) is 46.6 Å². The number of hydrogen-bond donors (Lipinski definition) is 1. The fourth-order valence-electron chi connectivity index (χ4n) is 2.91. The second-order valence-electron chi connectivity index (χ2n) is 8.30. The predicted octanol–water partition coefficient (Wildman–Crippen LogP) is 7.12. The topological polar surface area (TPSA) is 64.6 Å². The first kappa shape index (κ1) is 29.6. The van der Waals surface area contributed by atoms with Crippen LogP contribution in [-0.2, 0) is 18.4 Å². The van der Waals surface area contributed by atoms with Crippen molar-refractivity contribution in [3.05, 3.63) is 46.6 Å². The van der Waals surface area contributed by atoms with E-state index in [1.807, 2.05) is 6.08 Å². The predicted molar refractivity (Wildman–Crippen MR) is 133 cm³/mol. The van der Waals surface area contributed by atoms with E-state index in [1.54, 1.807) is 0 Å². The molecule has 1 N–H and O–H groups in total. The fraction of sp³-hybridized carbons (Fsp3) is 0.640. The maximum atomic E-state index is 11.9. The SMILES string of the molecule is COP(=O)(CCC(=O)NC/C=C(\C)CC/C=C(\C)CC/C=C(\C)CCC=C(C)C)OC. The molecule has 0 bridgehead atoms. The Morgan fingerprint density at radius 1 is 0.742 bits per heavy atom. The van der Waals surface area contributed by atoms with Gasteiger partial charge in [-0.3, -0.25) is 9.36 Å². The van der Waals surface area contributed by atoms with E-state index < -0.39 is 7.60 Å². The molecular weight excluding hydrogens is 409 g/mol. The summed E-state index contributed by atoms with van der Waals surface area (Å²) in [6.07, 6.45) is 15.7. The maximum Gasteiger partial charge on any atom is 0.330 e. The van der Waals surface area contributed by atoms with Gasteiger partial charge in [-0.15, -0.1) is 0 Å². The highest BCUT2D eigenvalue weighted by molar-refractivity contribution is 7.53. The lowest BCUT2D eigenvalue weighted by molar-refractivity contribution is -0.120. The van der Waals surface area contributed by atoms with Crippen molar-refractivity contribution in [1.29, 1.82) is 0 Å². The van der Waals surface area contributed by atoms with Crippen LogP contribution in [0.2, 0.25) is 0 Å². The molecule has 31 heavy (non-hydrogen) atoms. The zero-order valence-corrected chi connectivity index (χ0v) is 21.6. The van der Waals surface area contributed by atoms with Crippen molar-refractivity contribution in [3.8, 4) is 0 Å². The number of amides is 1. The third-order valence-electron chi connectivity index (χ3n) is 5.07. The van der Waals surface area contributed by atoms with Crippen LogP contribution in [0.15, 0.2) is 46.6 Å². The number of rotatable bonds is 16. The van der Waals surface area contributed by atoms with E-state index in [0.29, 0.717) is 6.54 Å². The monoisotopic (exact) mass is 453 g/mol. The van der Waals surface area contributed by atoms with Crippen molar-refractivity contribution in [3.63, 3.8) is 0 Å². The molecule has 0 radical (unpaired) electrons. The summed E-state index contributed by atoms with van der Waals surface area (Å²) in [7, 11) is -0.465. The molecule has 1 amide bonds. The van der Waals surface area contributed by atoms with Gasteiger partial charge in [0.15, 0.2) is 0 Å². The van der Waals surface area contributed by atoms with Gasteiger partial charge in [0.1, 0.15) is 0 Å². The molecule has 0 aromatic heterocycles. The minimum absolute atomic E-state index is 0.0861. The molecular formula is C25H44NO4P. The molecule has 0 aliphatic carbocycles. The van der Waals surface area contributed by atoms with Crippen LogP contribution in [0.25, 0.3) is 0 Å². The third kappa shape index (κ3) is 16.9. The van der Waals surface area contributed by atoms with Crippen LogP contribution in [0.5, 0.6) is 0 Å². The molecule has 0 saturated carbocycles. The van der Waals surface area contributed by atoms with Crippen LogP contribution in [-0.4, -0.2) is 32.8 Å². The summed E-state index contributed by atoms with van der Waals surface area (Å²) in [6, 6.07) is 0. The van der Waals surface area contributed by atoms with E-state index >= 15 is 0 Å². The minimum atomic E-state index is -3.12. The Kier molecular flexibility index (Phi) is 16.4. The van der Waals surface area contributed by atoms with Crippen LogP contribution in [0.4, 0.5) is 0 Å². The zero-order valence-electron chi connectivity index (χ0n) is 20.8. The molecule has 0 fully saturated rings. The number of carbonyl (C=O) groups is 1. The largest absolute Gasteiger partial charge is 0.353 e. The number of nitrogens with one attached hydrogen (secondary N) is 1. The van der Waals surface area contributed by atoms with Crippen molar-refractivity contribution >= 4 is 13.5 Å². The Labute approximate surface area is 190 Å². The Hall–Kier alpha value is -1.42. The lowest BCUT2D eigenvalue weighted by Gasteiger charge is -2.12. The average Bonchev–Trinajstić information content (AvgIpc) is 2.71. The lowest BCUT2D eigenvalue weighted by Crippen LogP contribution is -2.24. The maximum absolute atomic E-state index is 11.9. The fourth-order valence-corrected chi connectivity index (χ4v) is 3.90. The zero-order chi connectivity index (χ0) is 23.7. The number of allylic oxidation sites excluding steroid dienone is 7. The van der Waals surface area contributed by atoms with E-state index in [-0.39, 0.29) is 18.5 Å². The first-order valence-corrected chi connectivity index (χ1v) is 12.9. The van der Waals surface area contributed by atoms with E-state index in [0.717, 1.165) is 38.5 Å². The van der Waals surface area contributed by atoms with Gasteiger partial charge in [-0.25, -0.2) is 0 Å². The molecule has 0 spiro atoms. The highest BCUT2D eigenvalue weighted by Crippen LogP contribution is 2.46. The molecule has 178 valence electrons. The van der Waals surface area contributed by atoms with Crippen molar-refractivity contribution in [2.75, 3.05) is 26.9 Å². The Morgan fingerprint density at radius 3 is 1.65 bits per heavy atom. The van der Waals surface area contributed by atoms with Crippen LogP contribution >= 0.6 is 7.60 Å². The van der Waals surface area contributed by atoms with Crippen LogP contribution in [0.3, 0.4) is 0 Å². The summed E-state index contributed by atoms with van der Waals surface area (Å²) < 4.78 is 21.6. The molecule has 0 unspecified atom stereocenters. The molecule has 0 aromatic rings. The summed E-state index contributed by atoms with van der Waals surface area (Å²) in [5.41, 5.74) is 5.53. The molecule has 0 aromatic carbocycles. The second kappa shape index (κ2) is 17.2. The van der Waals surface area contributed by atoms with Gasteiger partial charge in [0.2, 0.25) is 5.91 Å². The van der Waals surface area contributed by atoms with Crippen LogP contribution < -0.4 is 5.32 Å². The second-order valence-corrected chi connectivity index (χ2v) is 10.7. The molecule has 0 aliphatic heterocycles. The molecule has 0 aliphatic rings. The van der Waals surface area contributed by atoms with Gasteiger partial charge in [-0.2, -0.15) is 0 Å². The minimum Gasteiger partial charge on any atom is -0.353 e. The van der Waals surface area contributed by atoms with Crippen LogP contribution in [0, 0.1) is 0 Å². The molecule has 6 heteroatoms. The van der Waals surface area contributed by atoms with E-state index in [1.165, 1.54) is 36.5 Å². The lowest BCUT2D eigenvalue weighted by atomic mass is 10.0. The molecule has 0 heterocycles. The first-order valence-electron chi connectivity index (χ1n) is 11.2.